The molecule has 0 radical (unpaired) electrons. The van der Waals surface area contributed by atoms with Crippen LogP contribution >= 0.6 is 23.5 Å². The molecule has 0 aliphatic rings. The van der Waals surface area contributed by atoms with Gasteiger partial charge in [0.05, 0.1) is 35.5 Å². The summed E-state index contributed by atoms with van der Waals surface area (Å²) in [4.78, 5) is 22.9. The van der Waals surface area contributed by atoms with Crippen molar-refractivity contribution in [3.05, 3.63) is 77.3 Å². The predicted molar refractivity (Wildman–Crippen MR) is 146 cm³/mol. The van der Waals surface area contributed by atoms with Gasteiger partial charge in [0.25, 0.3) is 5.91 Å². The molecular weight excluding hydrogens is 498 g/mol. The molecule has 1 unspecified atom stereocenters. The van der Waals surface area contributed by atoms with Crippen molar-refractivity contribution in [2.45, 2.75) is 17.9 Å². The molecule has 0 aliphatic carbocycles. The third-order valence-electron chi connectivity index (χ3n) is 5.15. The largest absolute Gasteiger partial charge is 0.497 e. The number of para-hydroxylation sites is 2. The predicted octanol–water partition coefficient (Wildman–Crippen LogP) is 5.92. The van der Waals surface area contributed by atoms with Crippen molar-refractivity contribution in [1.29, 1.82) is 0 Å². The van der Waals surface area contributed by atoms with Crippen molar-refractivity contribution in [3.8, 4) is 5.75 Å². The molecule has 0 bridgehead atoms. The maximum Gasteiger partial charge on any atom is 0.251 e. The van der Waals surface area contributed by atoms with Crippen molar-refractivity contribution in [2.24, 2.45) is 0 Å². The number of rotatable bonds is 10. The Balaban J connectivity index is 1.58. The van der Waals surface area contributed by atoms with Gasteiger partial charge in [0, 0.05) is 29.7 Å². The minimum atomic E-state index is -0.164. The molecule has 1 aromatic heterocycles. The topological polar surface area (TPSA) is 97.4 Å². The molecule has 3 N–H and O–H groups in total. The van der Waals surface area contributed by atoms with E-state index in [2.05, 4.69) is 15.4 Å². The molecule has 0 spiro atoms. The molecule has 1 atom stereocenters. The second kappa shape index (κ2) is 11.9. The molecule has 36 heavy (non-hydrogen) atoms. The highest BCUT2D eigenvalue weighted by Gasteiger charge is 2.14. The van der Waals surface area contributed by atoms with Crippen molar-refractivity contribution < 1.29 is 14.3 Å². The zero-order valence-electron chi connectivity index (χ0n) is 20.0. The maximum atomic E-state index is 12.6. The number of nitrogens with one attached hydrogen (secondary N) is 3. The second-order valence-electron chi connectivity index (χ2n) is 7.94. The molecular formula is C26H26ClN5O3S. The molecule has 4 aromatic rings. The van der Waals surface area contributed by atoms with Gasteiger partial charge in [-0.3, -0.25) is 4.79 Å². The number of carbonyl (C=O) groups excluding carboxylic acids is 1. The van der Waals surface area contributed by atoms with Gasteiger partial charge in [0.1, 0.15) is 5.75 Å². The van der Waals surface area contributed by atoms with Gasteiger partial charge in [-0.2, -0.15) is 0 Å². The van der Waals surface area contributed by atoms with Gasteiger partial charge in [0.2, 0.25) is 0 Å². The first kappa shape index (κ1) is 25.6. The summed E-state index contributed by atoms with van der Waals surface area (Å²) in [6.45, 7) is 2.33. The number of fused-ring (bicyclic) bond motifs is 1. The number of amides is 1. The molecule has 0 saturated carbocycles. The number of carbonyl (C=O) groups is 1. The SMILES string of the molecule is COCC(C)NC(=O)c1cccc(SNc2nc3ccccc3nc2Nc2cc(OC)ccc2Cl)c1. The number of ether oxygens (including phenoxy) is 2. The lowest BCUT2D eigenvalue weighted by Crippen LogP contribution is -2.35. The van der Waals surface area contributed by atoms with Crippen molar-refractivity contribution in [3.63, 3.8) is 0 Å². The summed E-state index contributed by atoms with van der Waals surface area (Å²) in [6, 6.07) is 20.2. The van der Waals surface area contributed by atoms with Gasteiger partial charge in [-0.15, -0.1) is 0 Å². The van der Waals surface area contributed by atoms with Crippen LogP contribution in [0.3, 0.4) is 0 Å². The summed E-state index contributed by atoms with van der Waals surface area (Å²) >= 11 is 7.74. The van der Waals surface area contributed by atoms with E-state index in [0.717, 1.165) is 15.9 Å². The molecule has 0 saturated heterocycles. The number of anilines is 3. The van der Waals surface area contributed by atoms with E-state index in [1.54, 1.807) is 38.5 Å². The van der Waals surface area contributed by atoms with Crippen molar-refractivity contribution >= 4 is 57.8 Å². The average Bonchev–Trinajstić information content (AvgIpc) is 2.89. The summed E-state index contributed by atoms with van der Waals surface area (Å²) < 4.78 is 13.7. The third kappa shape index (κ3) is 6.37. The summed E-state index contributed by atoms with van der Waals surface area (Å²) in [5.74, 6) is 1.51. The fraction of sp³-hybridized carbons (Fsp3) is 0.192. The highest BCUT2D eigenvalue weighted by Crippen LogP contribution is 2.33. The van der Waals surface area contributed by atoms with E-state index in [4.69, 9.17) is 31.0 Å². The second-order valence-corrected chi connectivity index (χ2v) is 9.23. The Bertz CT molecular complexity index is 1370. The number of hydrogen-bond donors (Lipinski definition) is 3. The van der Waals surface area contributed by atoms with E-state index in [1.165, 1.54) is 11.9 Å². The lowest BCUT2D eigenvalue weighted by Gasteiger charge is -2.15. The fourth-order valence-electron chi connectivity index (χ4n) is 3.42. The van der Waals surface area contributed by atoms with Crippen LogP contribution < -0.4 is 20.1 Å². The minimum Gasteiger partial charge on any atom is -0.497 e. The minimum absolute atomic E-state index is 0.0955. The monoisotopic (exact) mass is 523 g/mol. The van der Waals surface area contributed by atoms with E-state index < -0.39 is 0 Å². The first-order valence-electron chi connectivity index (χ1n) is 11.2. The summed E-state index contributed by atoms with van der Waals surface area (Å²) in [7, 11) is 3.20. The van der Waals surface area contributed by atoms with Crippen LogP contribution in [0.25, 0.3) is 11.0 Å². The first-order valence-corrected chi connectivity index (χ1v) is 12.4. The first-order chi connectivity index (χ1) is 17.5. The molecule has 10 heteroatoms. The Kier molecular flexibility index (Phi) is 8.48. The molecule has 1 heterocycles. The Labute approximate surface area is 218 Å². The van der Waals surface area contributed by atoms with E-state index in [-0.39, 0.29) is 11.9 Å². The zero-order chi connectivity index (χ0) is 25.5. The Hall–Kier alpha value is -3.53. The Morgan fingerprint density at radius 1 is 1.00 bits per heavy atom. The summed E-state index contributed by atoms with van der Waals surface area (Å²) in [5, 5.41) is 6.71. The highest BCUT2D eigenvalue weighted by atomic mass is 35.5. The van der Waals surface area contributed by atoms with Gasteiger partial charge < -0.3 is 24.8 Å². The van der Waals surface area contributed by atoms with E-state index in [9.17, 15) is 4.79 Å². The molecule has 186 valence electrons. The van der Waals surface area contributed by atoms with E-state index >= 15 is 0 Å². The Morgan fingerprint density at radius 2 is 1.75 bits per heavy atom. The highest BCUT2D eigenvalue weighted by molar-refractivity contribution is 8.00. The van der Waals surface area contributed by atoms with Crippen LogP contribution in [0.5, 0.6) is 5.75 Å². The lowest BCUT2D eigenvalue weighted by molar-refractivity contribution is 0.0905. The Morgan fingerprint density at radius 3 is 2.47 bits per heavy atom. The van der Waals surface area contributed by atoms with Crippen LogP contribution in [0.15, 0.2) is 71.6 Å². The summed E-state index contributed by atoms with van der Waals surface area (Å²) in [6.07, 6.45) is 0. The molecule has 0 fully saturated rings. The van der Waals surface area contributed by atoms with Crippen LogP contribution in [0.1, 0.15) is 17.3 Å². The van der Waals surface area contributed by atoms with Gasteiger partial charge in [-0.1, -0.05) is 29.8 Å². The number of nitrogens with zero attached hydrogens (tertiary/aromatic N) is 2. The van der Waals surface area contributed by atoms with Gasteiger partial charge in [0.15, 0.2) is 11.6 Å². The quantitative estimate of drug-likeness (QED) is 0.220. The number of halogens is 1. The maximum absolute atomic E-state index is 12.6. The van der Waals surface area contributed by atoms with Crippen molar-refractivity contribution in [1.82, 2.24) is 15.3 Å². The van der Waals surface area contributed by atoms with E-state index in [1.807, 2.05) is 49.4 Å². The number of hydrogen-bond acceptors (Lipinski definition) is 8. The molecule has 4 rings (SSSR count). The van der Waals surface area contributed by atoms with Crippen LogP contribution in [-0.2, 0) is 4.74 Å². The number of methoxy groups -OCH3 is 2. The van der Waals surface area contributed by atoms with Crippen LogP contribution in [0, 0.1) is 0 Å². The molecule has 3 aromatic carbocycles. The molecule has 8 nitrogen and oxygen atoms in total. The third-order valence-corrected chi connectivity index (χ3v) is 6.27. The number of aromatic nitrogens is 2. The zero-order valence-corrected chi connectivity index (χ0v) is 21.6. The van der Waals surface area contributed by atoms with Gasteiger partial charge in [-0.05, 0) is 61.3 Å². The smallest absolute Gasteiger partial charge is 0.251 e. The standard InChI is InChI=1S/C26H26ClN5O3S/c1-16(15-34-2)28-26(33)17-7-6-8-19(13-17)36-32-25-24(29-21-9-4-5-10-22(21)30-25)31-23-14-18(35-3)11-12-20(23)27/h4-14,16H,15H2,1-3H3,(H,28,33)(H,29,31)(H,30,32). The molecule has 1 amide bonds. The fourth-order valence-corrected chi connectivity index (χ4v) is 4.27. The number of benzene rings is 3. The van der Waals surface area contributed by atoms with Crippen LogP contribution in [-0.4, -0.2) is 42.7 Å². The van der Waals surface area contributed by atoms with E-state index in [0.29, 0.717) is 40.3 Å². The van der Waals surface area contributed by atoms with Gasteiger partial charge >= 0.3 is 0 Å². The van der Waals surface area contributed by atoms with Crippen LogP contribution in [0.2, 0.25) is 5.02 Å². The normalized spacial score (nSPS) is 11.7. The average molecular weight is 524 g/mol. The lowest BCUT2D eigenvalue weighted by atomic mass is 10.2. The molecule has 0 aliphatic heterocycles. The van der Waals surface area contributed by atoms with Crippen LogP contribution in [0.4, 0.5) is 17.3 Å². The summed E-state index contributed by atoms with van der Waals surface area (Å²) in [5.41, 5.74) is 2.66. The van der Waals surface area contributed by atoms with Gasteiger partial charge in [-0.25, -0.2) is 9.97 Å². The van der Waals surface area contributed by atoms with Crippen molar-refractivity contribution in [2.75, 3.05) is 30.9 Å².